The van der Waals surface area contributed by atoms with Crippen LogP contribution in [0.25, 0.3) is 0 Å². The van der Waals surface area contributed by atoms with Crippen LogP contribution in [0.3, 0.4) is 0 Å². The molecule has 112 valence electrons. The molecule has 0 aliphatic carbocycles. The maximum atomic E-state index is 11.1. The van der Waals surface area contributed by atoms with Gasteiger partial charge in [0, 0.05) is 24.0 Å². The molecule has 0 bridgehead atoms. The third kappa shape index (κ3) is 5.92. The predicted molar refractivity (Wildman–Crippen MR) is 84.9 cm³/mol. The van der Waals surface area contributed by atoms with Gasteiger partial charge in [-0.05, 0) is 43.0 Å². The lowest BCUT2D eigenvalue weighted by Crippen LogP contribution is -2.22. The molecule has 5 heteroatoms. The summed E-state index contributed by atoms with van der Waals surface area (Å²) in [5.74, 6) is 0.895. The molecule has 0 saturated heterocycles. The van der Waals surface area contributed by atoms with Crippen molar-refractivity contribution in [2.75, 3.05) is 13.7 Å². The molecule has 0 radical (unpaired) electrons. The summed E-state index contributed by atoms with van der Waals surface area (Å²) in [5, 5.41) is 2.60. The molecular weight excluding hydrogens is 320 g/mol. The third-order valence-corrected chi connectivity index (χ3v) is 3.61. The van der Waals surface area contributed by atoms with Gasteiger partial charge >= 0.3 is 0 Å². The van der Waals surface area contributed by atoms with E-state index < -0.39 is 0 Å². The molecule has 3 N–H and O–H groups in total. The summed E-state index contributed by atoms with van der Waals surface area (Å²) < 4.78 is 6.80. The van der Waals surface area contributed by atoms with Gasteiger partial charge in [-0.2, -0.15) is 0 Å². The summed E-state index contributed by atoms with van der Waals surface area (Å²) >= 11 is 3.47. The zero-order valence-corrected chi connectivity index (χ0v) is 13.7. The Labute approximate surface area is 129 Å². The van der Waals surface area contributed by atoms with Crippen LogP contribution >= 0.6 is 15.9 Å². The van der Waals surface area contributed by atoms with Gasteiger partial charge in [-0.1, -0.05) is 22.9 Å². The molecular formula is C15H23BrN2O2. The average molecular weight is 343 g/mol. The molecule has 1 atom stereocenters. The van der Waals surface area contributed by atoms with Crippen LogP contribution in [-0.2, 0) is 11.2 Å². The van der Waals surface area contributed by atoms with E-state index in [1.54, 1.807) is 7.05 Å². The van der Waals surface area contributed by atoms with Crippen molar-refractivity contribution in [2.24, 2.45) is 5.73 Å². The summed E-state index contributed by atoms with van der Waals surface area (Å²) in [4.78, 5) is 11.1. The van der Waals surface area contributed by atoms with Gasteiger partial charge in [0.2, 0.25) is 5.91 Å². The van der Waals surface area contributed by atoms with Crippen LogP contribution in [0.15, 0.2) is 22.7 Å². The van der Waals surface area contributed by atoms with E-state index in [0.29, 0.717) is 19.4 Å². The van der Waals surface area contributed by atoms with Crippen molar-refractivity contribution in [3.05, 3.63) is 28.2 Å². The zero-order valence-electron chi connectivity index (χ0n) is 12.1. The topological polar surface area (TPSA) is 64.3 Å². The average Bonchev–Trinajstić information content (AvgIpc) is 2.44. The van der Waals surface area contributed by atoms with Gasteiger partial charge in [0.1, 0.15) is 5.75 Å². The number of nitrogens with one attached hydrogen (secondary N) is 1. The molecule has 1 amide bonds. The Morgan fingerprint density at radius 3 is 2.90 bits per heavy atom. The molecule has 0 heterocycles. The second-order valence-corrected chi connectivity index (χ2v) is 5.67. The third-order valence-electron chi connectivity index (χ3n) is 3.11. The van der Waals surface area contributed by atoms with Gasteiger partial charge < -0.3 is 15.8 Å². The first kappa shape index (κ1) is 17.0. The quantitative estimate of drug-likeness (QED) is 0.713. The van der Waals surface area contributed by atoms with Crippen molar-refractivity contribution in [3.63, 3.8) is 0 Å². The van der Waals surface area contributed by atoms with Crippen molar-refractivity contribution in [1.82, 2.24) is 5.32 Å². The van der Waals surface area contributed by atoms with Crippen LogP contribution in [0.1, 0.15) is 31.7 Å². The number of ether oxygens (including phenoxy) is 1. The summed E-state index contributed by atoms with van der Waals surface area (Å²) in [6.45, 7) is 2.61. The lowest BCUT2D eigenvalue weighted by Gasteiger charge is -2.15. The van der Waals surface area contributed by atoms with E-state index in [9.17, 15) is 4.79 Å². The van der Waals surface area contributed by atoms with Crippen LogP contribution in [0.5, 0.6) is 5.75 Å². The fourth-order valence-electron chi connectivity index (χ4n) is 1.82. The molecule has 1 aromatic rings. The van der Waals surface area contributed by atoms with Crippen LogP contribution in [0, 0.1) is 0 Å². The lowest BCUT2D eigenvalue weighted by molar-refractivity contribution is -0.120. The highest BCUT2D eigenvalue weighted by atomic mass is 79.9. The molecule has 0 saturated carbocycles. The van der Waals surface area contributed by atoms with Gasteiger partial charge in [-0.3, -0.25) is 4.79 Å². The number of carbonyl (C=O) groups excluding carboxylic acids is 1. The summed E-state index contributed by atoms with van der Waals surface area (Å²) in [7, 11) is 1.64. The Morgan fingerprint density at radius 1 is 1.50 bits per heavy atom. The molecule has 0 aliphatic heterocycles. The largest absolute Gasteiger partial charge is 0.493 e. The Bertz CT molecular complexity index is 438. The molecule has 0 spiro atoms. The minimum atomic E-state index is 0.0395. The molecule has 20 heavy (non-hydrogen) atoms. The van der Waals surface area contributed by atoms with E-state index >= 15 is 0 Å². The smallest absolute Gasteiger partial charge is 0.219 e. The van der Waals surface area contributed by atoms with Crippen molar-refractivity contribution in [3.8, 4) is 5.75 Å². The SMILES string of the molecule is CCC(N)Cc1cc(Br)ccc1OCCCC(=O)NC. The number of hydrogen-bond acceptors (Lipinski definition) is 3. The van der Waals surface area contributed by atoms with Gasteiger partial charge in [0.15, 0.2) is 0 Å². The Morgan fingerprint density at radius 2 is 2.25 bits per heavy atom. The maximum absolute atomic E-state index is 11.1. The van der Waals surface area contributed by atoms with Crippen LogP contribution in [-0.4, -0.2) is 25.6 Å². The highest BCUT2D eigenvalue weighted by Gasteiger charge is 2.09. The number of rotatable bonds is 8. The van der Waals surface area contributed by atoms with Crippen LogP contribution < -0.4 is 15.8 Å². The monoisotopic (exact) mass is 342 g/mol. The fraction of sp³-hybridized carbons (Fsp3) is 0.533. The number of hydrogen-bond donors (Lipinski definition) is 2. The molecule has 4 nitrogen and oxygen atoms in total. The van der Waals surface area contributed by atoms with Crippen molar-refractivity contribution in [1.29, 1.82) is 0 Å². The van der Waals surface area contributed by atoms with E-state index in [4.69, 9.17) is 10.5 Å². The Hall–Kier alpha value is -1.07. The normalized spacial score (nSPS) is 12.0. The molecule has 1 unspecified atom stereocenters. The number of nitrogens with two attached hydrogens (primary N) is 1. The van der Waals surface area contributed by atoms with Gasteiger partial charge in [-0.15, -0.1) is 0 Å². The van der Waals surface area contributed by atoms with Crippen molar-refractivity contribution in [2.45, 2.75) is 38.6 Å². The highest BCUT2D eigenvalue weighted by molar-refractivity contribution is 9.10. The molecule has 1 rings (SSSR count). The summed E-state index contributed by atoms with van der Waals surface area (Å²) in [6, 6.07) is 6.08. The van der Waals surface area contributed by atoms with Crippen LogP contribution in [0.4, 0.5) is 0 Å². The van der Waals surface area contributed by atoms with Gasteiger partial charge in [-0.25, -0.2) is 0 Å². The van der Waals surface area contributed by atoms with Gasteiger partial charge in [0.25, 0.3) is 0 Å². The summed E-state index contributed by atoms with van der Waals surface area (Å²) in [5.41, 5.74) is 7.12. The van der Waals surface area contributed by atoms with E-state index in [1.165, 1.54) is 0 Å². The molecule has 0 aromatic heterocycles. The second-order valence-electron chi connectivity index (χ2n) is 4.75. The number of carbonyl (C=O) groups is 1. The highest BCUT2D eigenvalue weighted by Crippen LogP contribution is 2.25. The molecule has 0 fully saturated rings. The first-order valence-electron chi connectivity index (χ1n) is 6.94. The molecule has 1 aromatic carbocycles. The number of amides is 1. The molecule has 0 aliphatic rings. The van der Waals surface area contributed by atoms with E-state index in [0.717, 1.165) is 28.6 Å². The van der Waals surface area contributed by atoms with E-state index in [1.807, 2.05) is 18.2 Å². The van der Waals surface area contributed by atoms with E-state index in [-0.39, 0.29) is 11.9 Å². The second kappa shape index (κ2) is 8.97. The minimum Gasteiger partial charge on any atom is -0.493 e. The minimum absolute atomic E-state index is 0.0395. The maximum Gasteiger partial charge on any atom is 0.219 e. The van der Waals surface area contributed by atoms with Crippen LogP contribution in [0.2, 0.25) is 0 Å². The predicted octanol–water partition coefficient (Wildman–Crippen LogP) is 2.63. The standard InChI is InChI=1S/C15H23BrN2O2/c1-3-13(17)10-11-9-12(16)6-7-14(11)20-8-4-5-15(19)18-2/h6-7,9,13H,3-5,8,10,17H2,1-2H3,(H,18,19). The fourth-order valence-corrected chi connectivity index (χ4v) is 2.22. The number of benzene rings is 1. The van der Waals surface area contributed by atoms with Crippen molar-refractivity contribution >= 4 is 21.8 Å². The Balaban J connectivity index is 2.57. The van der Waals surface area contributed by atoms with Gasteiger partial charge in [0.05, 0.1) is 6.61 Å². The first-order valence-corrected chi connectivity index (χ1v) is 7.73. The summed E-state index contributed by atoms with van der Waals surface area (Å²) in [6.07, 6.45) is 2.91. The first-order chi connectivity index (χ1) is 9.56. The van der Waals surface area contributed by atoms with Crippen molar-refractivity contribution < 1.29 is 9.53 Å². The lowest BCUT2D eigenvalue weighted by atomic mass is 10.0. The number of halogens is 1. The van der Waals surface area contributed by atoms with E-state index in [2.05, 4.69) is 28.2 Å². The zero-order chi connectivity index (χ0) is 15.0. The Kier molecular flexibility index (Phi) is 7.62.